The van der Waals surface area contributed by atoms with E-state index in [-0.39, 0.29) is 24.0 Å². The van der Waals surface area contributed by atoms with Crippen molar-refractivity contribution in [2.24, 2.45) is 5.92 Å². The lowest BCUT2D eigenvalue weighted by molar-refractivity contribution is -0.139. The molecule has 2 heterocycles. The number of carbonyl (C=O) groups is 2. The van der Waals surface area contributed by atoms with Crippen LogP contribution in [-0.2, 0) is 22.6 Å². The number of hydrogen-bond donors (Lipinski definition) is 0. The molecule has 0 bridgehead atoms. The maximum Gasteiger partial charge on any atom is 0.410 e. The molecule has 0 aromatic heterocycles. The molecule has 0 spiro atoms. The number of nitrogens with zero attached hydrogens (tertiary/aromatic N) is 3. The van der Waals surface area contributed by atoms with E-state index in [1.807, 2.05) is 45.0 Å². The number of benzene rings is 2. The lowest BCUT2D eigenvalue weighted by Gasteiger charge is -2.40. The van der Waals surface area contributed by atoms with E-state index in [1.54, 1.807) is 4.90 Å². The van der Waals surface area contributed by atoms with Gasteiger partial charge in [-0.25, -0.2) is 4.79 Å². The molecule has 188 valence electrons. The third-order valence-electron chi connectivity index (χ3n) is 6.91. The van der Waals surface area contributed by atoms with Crippen LogP contribution in [0.5, 0.6) is 0 Å². The second kappa shape index (κ2) is 11.3. The Labute approximate surface area is 209 Å². The highest BCUT2D eigenvalue weighted by Gasteiger charge is 2.36. The van der Waals surface area contributed by atoms with Gasteiger partial charge < -0.3 is 14.5 Å². The summed E-state index contributed by atoms with van der Waals surface area (Å²) >= 11 is 0. The zero-order valence-electron chi connectivity index (χ0n) is 21.4. The highest BCUT2D eigenvalue weighted by atomic mass is 16.6. The lowest BCUT2D eigenvalue weighted by atomic mass is 9.99. The molecule has 0 radical (unpaired) electrons. The molecule has 2 aliphatic rings. The smallest absolute Gasteiger partial charge is 0.410 e. The molecule has 6 heteroatoms. The maximum atomic E-state index is 13.8. The Balaban J connectivity index is 1.40. The minimum Gasteiger partial charge on any atom is -0.444 e. The molecule has 0 unspecified atom stereocenters. The fraction of sp³-hybridized carbons (Fsp3) is 0.517. The van der Waals surface area contributed by atoms with E-state index in [0.717, 1.165) is 44.5 Å². The summed E-state index contributed by atoms with van der Waals surface area (Å²) < 4.78 is 5.56. The van der Waals surface area contributed by atoms with Gasteiger partial charge in [0.15, 0.2) is 0 Å². The average Bonchev–Trinajstić information content (AvgIpc) is 3.31. The summed E-state index contributed by atoms with van der Waals surface area (Å²) in [6, 6.07) is 20.8. The van der Waals surface area contributed by atoms with Crippen molar-refractivity contribution in [2.45, 2.75) is 64.8 Å². The summed E-state index contributed by atoms with van der Waals surface area (Å²) in [5, 5.41) is 0. The average molecular weight is 478 g/mol. The number of likely N-dealkylation sites (tertiary alicyclic amines) is 2. The van der Waals surface area contributed by atoms with Gasteiger partial charge in [-0.05, 0) is 57.7 Å². The number of piperidine rings is 1. The van der Waals surface area contributed by atoms with Crippen molar-refractivity contribution >= 4 is 12.0 Å². The maximum absolute atomic E-state index is 13.8. The predicted molar refractivity (Wildman–Crippen MR) is 138 cm³/mol. The fourth-order valence-electron chi connectivity index (χ4n) is 5.11. The van der Waals surface area contributed by atoms with E-state index in [0.29, 0.717) is 19.6 Å². The summed E-state index contributed by atoms with van der Waals surface area (Å²) in [4.78, 5) is 32.6. The van der Waals surface area contributed by atoms with Gasteiger partial charge in [0, 0.05) is 38.8 Å². The first-order chi connectivity index (χ1) is 16.8. The predicted octanol–water partition coefficient (Wildman–Crippen LogP) is 4.94. The van der Waals surface area contributed by atoms with E-state index in [2.05, 4.69) is 46.2 Å². The fourth-order valence-corrected chi connectivity index (χ4v) is 5.11. The van der Waals surface area contributed by atoms with Gasteiger partial charge in [-0.15, -0.1) is 0 Å². The molecule has 2 aliphatic heterocycles. The quantitative estimate of drug-likeness (QED) is 0.592. The van der Waals surface area contributed by atoms with Crippen molar-refractivity contribution in [2.75, 3.05) is 26.2 Å². The van der Waals surface area contributed by atoms with E-state index in [4.69, 9.17) is 4.74 Å². The molecular weight excluding hydrogens is 438 g/mol. The van der Waals surface area contributed by atoms with E-state index >= 15 is 0 Å². The Morgan fingerprint density at radius 3 is 2.09 bits per heavy atom. The molecule has 4 rings (SSSR count). The van der Waals surface area contributed by atoms with Crippen molar-refractivity contribution in [3.63, 3.8) is 0 Å². The zero-order chi connectivity index (χ0) is 24.8. The normalized spacial score (nSPS) is 19.5. The zero-order valence-corrected chi connectivity index (χ0v) is 21.4. The van der Waals surface area contributed by atoms with Crippen LogP contribution >= 0.6 is 0 Å². The van der Waals surface area contributed by atoms with Crippen molar-refractivity contribution in [1.29, 1.82) is 0 Å². The van der Waals surface area contributed by atoms with Gasteiger partial charge in [0.25, 0.3) is 0 Å². The SMILES string of the molecule is CC(C)(C)OC(=O)N1CCC(N(Cc2ccccc2)C(=O)[C@@H]2CCN(Cc3ccccc3)C2)CC1. The molecule has 0 saturated carbocycles. The first-order valence-electron chi connectivity index (χ1n) is 12.9. The molecule has 6 nitrogen and oxygen atoms in total. The van der Waals surface area contributed by atoms with Crippen LogP contribution in [0, 0.1) is 5.92 Å². The van der Waals surface area contributed by atoms with Crippen LogP contribution in [-0.4, -0.2) is 64.5 Å². The molecule has 2 aromatic carbocycles. The van der Waals surface area contributed by atoms with E-state index in [1.165, 1.54) is 5.56 Å². The second-order valence-corrected chi connectivity index (χ2v) is 10.9. The van der Waals surface area contributed by atoms with Crippen molar-refractivity contribution in [3.8, 4) is 0 Å². The van der Waals surface area contributed by atoms with Crippen LogP contribution in [0.1, 0.15) is 51.2 Å². The summed E-state index contributed by atoms with van der Waals surface area (Å²) in [6.45, 7) is 10.1. The second-order valence-electron chi connectivity index (χ2n) is 10.9. The molecule has 2 saturated heterocycles. The standard InChI is InChI=1S/C29H39N3O3/c1-29(2,3)35-28(34)31-18-15-26(16-19-31)32(21-24-12-8-5-9-13-24)27(33)25-14-17-30(22-25)20-23-10-6-4-7-11-23/h4-13,25-26H,14-22H2,1-3H3/t25-/m1/s1. The Hall–Kier alpha value is -2.86. The number of rotatable bonds is 6. The van der Waals surface area contributed by atoms with Crippen LogP contribution in [0.25, 0.3) is 0 Å². The van der Waals surface area contributed by atoms with Crippen LogP contribution in [0.4, 0.5) is 4.79 Å². The highest BCUT2D eigenvalue weighted by Crippen LogP contribution is 2.27. The summed E-state index contributed by atoms with van der Waals surface area (Å²) in [5.74, 6) is 0.270. The lowest BCUT2D eigenvalue weighted by Crippen LogP contribution is -2.50. The van der Waals surface area contributed by atoms with Gasteiger partial charge in [-0.3, -0.25) is 9.69 Å². The number of amides is 2. The highest BCUT2D eigenvalue weighted by molar-refractivity contribution is 5.80. The van der Waals surface area contributed by atoms with E-state index in [9.17, 15) is 9.59 Å². The van der Waals surface area contributed by atoms with Crippen LogP contribution in [0.15, 0.2) is 60.7 Å². The molecule has 2 amide bonds. The van der Waals surface area contributed by atoms with Crippen molar-refractivity contribution < 1.29 is 14.3 Å². The first kappa shape index (κ1) is 25.2. The Bertz CT molecular complexity index is 966. The van der Waals surface area contributed by atoms with Gasteiger partial charge in [-0.2, -0.15) is 0 Å². The third kappa shape index (κ3) is 7.07. The molecule has 0 N–H and O–H groups in total. The monoisotopic (exact) mass is 477 g/mol. The van der Waals surface area contributed by atoms with Gasteiger partial charge in [0.1, 0.15) is 5.60 Å². The largest absolute Gasteiger partial charge is 0.444 e. The minimum absolute atomic E-state index is 0.0197. The van der Waals surface area contributed by atoms with Crippen LogP contribution in [0.2, 0.25) is 0 Å². The topological polar surface area (TPSA) is 53.1 Å². The van der Waals surface area contributed by atoms with E-state index < -0.39 is 5.60 Å². The van der Waals surface area contributed by atoms with Gasteiger partial charge >= 0.3 is 6.09 Å². The Morgan fingerprint density at radius 1 is 0.886 bits per heavy atom. The number of carbonyl (C=O) groups excluding carboxylic acids is 2. The first-order valence-corrected chi connectivity index (χ1v) is 12.9. The third-order valence-corrected chi connectivity index (χ3v) is 6.91. The molecular formula is C29H39N3O3. The molecule has 0 aliphatic carbocycles. The number of hydrogen-bond acceptors (Lipinski definition) is 4. The molecule has 2 aromatic rings. The van der Waals surface area contributed by atoms with Gasteiger partial charge in [0.05, 0.1) is 5.92 Å². The van der Waals surface area contributed by atoms with Crippen LogP contribution < -0.4 is 0 Å². The minimum atomic E-state index is -0.503. The Kier molecular flexibility index (Phi) is 8.11. The molecule has 2 fully saturated rings. The van der Waals surface area contributed by atoms with Gasteiger partial charge in [-0.1, -0.05) is 60.7 Å². The summed E-state index contributed by atoms with van der Waals surface area (Å²) in [6.07, 6.45) is 2.19. The van der Waals surface area contributed by atoms with Crippen molar-refractivity contribution in [3.05, 3.63) is 71.8 Å². The van der Waals surface area contributed by atoms with Crippen LogP contribution in [0.3, 0.4) is 0 Å². The molecule has 35 heavy (non-hydrogen) atoms. The molecule has 1 atom stereocenters. The Morgan fingerprint density at radius 2 is 1.49 bits per heavy atom. The summed E-state index contributed by atoms with van der Waals surface area (Å²) in [7, 11) is 0. The summed E-state index contributed by atoms with van der Waals surface area (Å²) in [5.41, 5.74) is 1.93. The van der Waals surface area contributed by atoms with Gasteiger partial charge in [0.2, 0.25) is 5.91 Å². The number of ether oxygens (including phenoxy) is 1. The van der Waals surface area contributed by atoms with Crippen molar-refractivity contribution in [1.82, 2.24) is 14.7 Å².